The first-order valence-electron chi connectivity index (χ1n) is 8.19. The van der Waals surface area contributed by atoms with Crippen molar-refractivity contribution in [1.29, 1.82) is 0 Å². The van der Waals surface area contributed by atoms with Crippen molar-refractivity contribution in [2.45, 2.75) is 9.10 Å². The molecule has 1 aromatic heterocycles. The van der Waals surface area contributed by atoms with Gasteiger partial charge in [-0.1, -0.05) is 12.1 Å². The van der Waals surface area contributed by atoms with Crippen LogP contribution in [0.25, 0.3) is 0 Å². The van der Waals surface area contributed by atoms with E-state index in [1.165, 1.54) is 11.8 Å². The number of thioether (sulfide) groups is 1. The zero-order valence-corrected chi connectivity index (χ0v) is 17.4. The summed E-state index contributed by atoms with van der Waals surface area (Å²) in [6.07, 6.45) is 0. The quantitative estimate of drug-likeness (QED) is 0.517. The normalized spacial score (nSPS) is 11.0. The molecule has 28 heavy (non-hydrogen) atoms. The fourth-order valence-electron chi connectivity index (χ4n) is 2.29. The average molecular weight is 435 g/mol. The molecule has 146 valence electrons. The minimum absolute atomic E-state index is 0.138. The van der Waals surface area contributed by atoms with Gasteiger partial charge >= 0.3 is 0 Å². The van der Waals surface area contributed by atoms with E-state index in [1.54, 1.807) is 73.2 Å². The van der Waals surface area contributed by atoms with E-state index in [0.717, 1.165) is 16.2 Å². The van der Waals surface area contributed by atoms with Gasteiger partial charge in [-0.05, 0) is 47.8 Å². The Balaban J connectivity index is 1.53. The molecule has 6 nitrogen and oxygen atoms in total. The van der Waals surface area contributed by atoms with E-state index < -0.39 is 10.0 Å². The van der Waals surface area contributed by atoms with Gasteiger partial charge in [0.2, 0.25) is 5.91 Å². The molecule has 0 aliphatic carbocycles. The molecule has 0 unspecified atom stereocenters. The third-order valence-electron chi connectivity index (χ3n) is 3.59. The largest absolute Gasteiger partial charge is 0.497 e. The zero-order chi connectivity index (χ0) is 20.0. The van der Waals surface area contributed by atoms with Crippen molar-refractivity contribution in [3.63, 3.8) is 0 Å². The molecule has 3 aromatic rings. The summed E-state index contributed by atoms with van der Waals surface area (Å²) in [6, 6.07) is 17.3. The molecule has 0 fully saturated rings. The van der Waals surface area contributed by atoms with E-state index in [1.807, 2.05) is 0 Å². The van der Waals surface area contributed by atoms with E-state index in [9.17, 15) is 13.2 Å². The van der Waals surface area contributed by atoms with E-state index in [4.69, 9.17) is 4.74 Å². The molecule has 1 heterocycles. The van der Waals surface area contributed by atoms with Crippen LogP contribution in [0.5, 0.6) is 5.75 Å². The van der Waals surface area contributed by atoms with Gasteiger partial charge in [-0.25, -0.2) is 8.42 Å². The number of nitrogens with one attached hydrogen (secondary N) is 2. The lowest BCUT2D eigenvalue weighted by molar-refractivity contribution is -0.113. The van der Waals surface area contributed by atoms with Crippen LogP contribution in [0.4, 0.5) is 11.4 Å². The number of carbonyl (C=O) groups excluding carboxylic acids is 1. The molecule has 2 N–H and O–H groups in total. The number of rotatable bonds is 8. The van der Waals surface area contributed by atoms with E-state index in [2.05, 4.69) is 10.0 Å². The molecule has 3 rings (SSSR count). The van der Waals surface area contributed by atoms with Crippen molar-refractivity contribution in [1.82, 2.24) is 0 Å². The molecule has 0 aliphatic heterocycles. The third kappa shape index (κ3) is 5.51. The van der Waals surface area contributed by atoms with Crippen LogP contribution in [-0.2, 0) is 14.8 Å². The maximum Gasteiger partial charge on any atom is 0.271 e. The summed E-state index contributed by atoms with van der Waals surface area (Å²) in [5, 5.41) is 4.53. The summed E-state index contributed by atoms with van der Waals surface area (Å²) in [5.41, 5.74) is 1.14. The number of thiophene rings is 1. The highest BCUT2D eigenvalue weighted by molar-refractivity contribution is 8.00. The molecular formula is C19H18N2O4S3. The van der Waals surface area contributed by atoms with Crippen molar-refractivity contribution in [3.8, 4) is 5.75 Å². The summed E-state index contributed by atoms with van der Waals surface area (Å²) in [6.45, 7) is 0. The van der Waals surface area contributed by atoms with Crippen molar-refractivity contribution < 1.29 is 17.9 Å². The molecule has 0 aliphatic rings. The van der Waals surface area contributed by atoms with E-state index >= 15 is 0 Å². The molecule has 0 atom stereocenters. The van der Waals surface area contributed by atoms with Crippen molar-refractivity contribution >= 4 is 50.4 Å². The Labute approximate surface area is 172 Å². The fourth-order valence-corrected chi connectivity index (χ4v) is 5.04. The average Bonchev–Trinajstić information content (AvgIpc) is 3.23. The van der Waals surface area contributed by atoms with Gasteiger partial charge in [0.05, 0.1) is 12.9 Å². The van der Waals surface area contributed by atoms with E-state index in [-0.39, 0.29) is 15.9 Å². The predicted octanol–water partition coefficient (Wildman–Crippen LogP) is 4.29. The summed E-state index contributed by atoms with van der Waals surface area (Å²) in [4.78, 5) is 13.0. The smallest absolute Gasteiger partial charge is 0.271 e. The fraction of sp³-hybridized carbons (Fsp3) is 0.105. The number of sulfonamides is 1. The molecular weight excluding hydrogens is 416 g/mol. The van der Waals surface area contributed by atoms with Gasteiger partial charge in [0, 0.05) is 22.3 Å². The summed E-state index contributed by atoms with van der Waals surface area (Å²) in [5.74, 6) is 0.768. The lowest BCUT2D eigenvalue weighted by Crippen LogP contribution is -2.14. The molecule has 0 saturated heterocycles. The van der Waals surface area contributed by atoms with Crippen molar-refractivity contribution in [2.75, 3.05) is 22.9 Å². The van der Waals surface area contributed by atoms with Crippen LogP contribution < -0.4 is 14.8 Å². The van der Waals surface area contributed by atoms with Crippen LogP contribution in [0, 0.1) is 0 Å². The van der Waals surface area contributed by atoms with Crippen LogP contribution in [-0.4, -0.2) is 27.2 Å². The summed E-state index contributed by atoms with van der Waals surface area (Å²) in [7, 11) is -1.99. The standard InChI is InChI=1S/C19H18N2O4S3/c1-25-16-5-2-4-15(12-16)20-18(22)13-27-17-9-7-14(8-10-17)21-28(23,24)19-6-3-11-26-19/h2-12,21H,13H2,1H3,(H,20,22). The lowest BCUT2D eigenvalue weighted by Gasteiger charge is -2.08. The highest BCUT2D eigenvalue weighted by atomic mass is 32.2. The van der Waals surface area contributed by atoms with Gasteiger partial charge in [0.25, 0.3) is 10.0 Å². The van der Waals surface area contributed by atoms with Gasteiger partial charge in [-0.3, -0.25) is 9.52 Å². The number of hydrogen-bond acceptors (Lipinski definition) is 6. The summed E-state index contributed by atoms with van der Waals surface area (Å²) < 4.78 is 32.4. The first-order chi connectivity index (χ1) is 13.5. The Morgan fingerprint density at radius 3 is 2.54 bits per heavy atom. The SMILES string of the molecule is COc1cccc(NC(=O)CSc2ccc(NS(=O)(=O)c3cccs3)cc2)c1. The van der Waals surface area contributed by atoms with Gasteiger partial charge in [-0.2, -0.15) is 0 Å². The maximum absolute atomic E-state index is 12.2. The molecule has 2 aromatic carbocycles. The van der Waals surface area contributed by atoms with Crippen molar-refractivity contribution in [2.24, 2.45) is 0 Å². The van der Waals surface area contributed by atoms with Crippen LogP contribution in [0.15, 0.2) is 75.1 Å². The number of carbonyl (C=O) groups is 1. The molecule has 1 amide bonds. The van der Waals surface area contributed by atoms with Crippen LogP contribution in [0.1, 0.15) is 0 Å². The van der Waals surface area contributed by atoms with Crippen LogP contribution in [0.3, 0.4) is 0 Å². The Bertz CT molecular complexity index is 1030. The number of amides is 1. The lowest BCUT2D eigenvalue weighted by atomic mass is 10.3. The van der Waals surface area contributed by atoms with Gasteiger partial charge in [0.15, 0.2) is 0 Å². The first-order valence-corrected chi connectivity index (χ1v) is 11.5. The number of benzene rings is 2. The minimum atomic E-state index is -3.56. The second kappa shape index (κ2) is 9.13. The monoisotopic (exact) mass is 434 g/mol. The second-order valence-corrected chi connectivity index (χ2v) is 9.54. The van der Waals surface area contributed by atoms with Gasteiger partial charge in [-0.15, -0.1) is 23.1 Å². The zero-order valence-electron chi connectivity index (χ0n) is 14.9. The molecule has 0 radical (unpaired) electrons. The minimum Gasteiger partial charge on any atom is -0.497 e. The topological polar surface area (TPSA) is 84.5 Å². The Morgan fingerprint density at radius 2 is 1.86 bits per heavy atom. The van der Waals surface area contributed by atoms with Crippen LogP contribution >= 0.6 is 23.1 Å². The molecule has 0 bridgehead atoms. The molecule has 0 saturated carbocycles. The summed E-state index contributed by atoms with van der Waals surface area (Å²) >= 11 is 2.52. The van der Waals surface area contributed by atoms with Crippen LogP contribution in [0.2, 0.25) is 0 Å². The van der Waals surface area contributed by atoms with Gasteiger partial charge < -0.3 is 10.1 Å². The molecule has 0 spiro atoms. The highest BCUT2D eigenvalue weighted by Crippen LogP contribution is 2.24. The maximum atomic E-state index is 12.2. The predicted molar refractivity (Wildman–Crippen MR) is 114 cm³/mol. The van der Waals surface area contributed by atoms with E-state index in [0.29, 0.717) is 17.1 Å². The van der Waals surface area contributed by atoms with Crippen molar-refractivity contribution in [3.05, 3.63) is 66.0 Å². The second-order valence-electron chi connectivity index (χ2n) is 5.63. The number of ether oxygens (including phenoxy) is 1. The Kier molecular flexibility index (Phi) is 6.61. The number of methoxy groups -OCH3 is 1. The van der Waals surface area contributed by atoms with Gasteiger partial charge in [0.1, 0.15) is 9.96 Å². The number of hydrogen-bond donors (Lipinski definition) is 2. The Hall–Kier alpha value is -2.49. The third-order valence-corrected chi connectivity index (χ3v) is 7.38. The first kappa shape index (κ1) is 20.2. The highest BCUT2D eigenvalue weighted by Gasteiger charge is 2.15. The Morgan fingerprint density at radius 1 is 1.07 bits per heavy atom. The number of anilines is 2. The molecule has 9 heteroatoms.